The third-order valence-corrected chi connectivity index (χ3v) is 5.41. The van der Waals surface area contributed by atoms with E-state index in [9.17, 15) is 9.59 Å². The molecule has 138 valence electrons. The molecular formula is C19H28N2O3S. The summed E-state index contributed by atoms with van der Waals surface area (Å²) >= 11 is 1.57. The molecule has 0 unspecified atom stereocenters. The minimum Gasteiger partial charge on any atom is -0.462 e. The number of unbranched alkanes of at least 4 members (excludes halogenated alkanes) is 5. The smallest absolute Gasteiger partial charge is 0.341 e. The summed E-state index contributed by atoms with van der Waals surface area (Å²) in [6.07, 6.45) is 10.5. The van der Waals surface area contributed by atoms with Gasteiger partial charge in [-0.15, -0.1) is 11.8 Å². The number of nitrogens with one attached hydrogen (secondary N) is 1. The van der Waals surface area contributed by atoms with Crippen molar-refractivity contribution in [2.24, 2.45) is 0 Å². The second-order valence-electron chi connectivity index (χ2n) is 6.30. The molecule has 1 aliphatic heterocycles. The molecule has 0 saturated carbocycles. The van der Waals surface area contributed by atoms with Crippen LogP contribution >= 0.6 is 11.8 Å². The second kappa shape index (κ2) is 9.70. The number of aromatic nitrogens is 1. The van der Waals surface area contributed by atoms with E-state index in [1.807, 2.05) is 17.7 Å². The highest BCUT2D eigenvalue weighted by molar-refractivity contribution is 8.00. The summed E-state index contributed by atoms with van der Waals surface area (Å²) in [7, 11) is 1.61. The van der Waals surface area contributed by atoms with Gasteiger partial charge in [-0.1, -0.05) is 39.0 Å². The van der Waals surface area contributed by atoms with Gasteiger partial charge in [-0.3, -0.25) is 4.79 Å². The van der Waals surface area contributed by atoms with Crippen molar-refractivity contribution < 1.29 is 14.3 Å². The SMILES string of the molecule is CCCCCCCCOC(=O)c1c(C)cn2c1SCC2=CC(=O)NC. The normalized spacial score (nSPS) is 14.6. The average Bonchev–Trinajstić information content (AvgIpc) is 3.12. The lowest BCUT2D eigenvalue weighted by atomic mass is 10.1. The molecule has 25 heavy (non-hydrogen) atoms. The predicted octanol–water partition coefficient (Wildman–Crippen LogP) is 4.01. The lowest BCUT2D eigenvalue weighted by molar-refractivity contribution is -0.116. The van der Waals surface area contributed by atoms with E-state index >= 15 is 0 Å². The first kappa shape index (κ1) is 19.6. The van der Waals surface area contributed by atoms with Crippen molar-refractivity contribution in [1.29, 1.82) is 0 Å². The molecule has 0 spiro atoms. The minimum atomic E-state index is -0.256. The number of hydrogen-bond donors (Lipinski definition) is 1. The largest absolute Gasteiger partial charge is 0.462 e. The number of carbonyl (C=O) groups excluding carboxylic acids is 2. The van der Waals surface area contributed by atoms with Crippen molar-refractivity contribution in [3.63, 3.8) is 0 Å². The highest BCUT2D eigenvalue weighted by Gasteiger charge is 2.27. The van der Waals surface area contributed by atoms with Crippen molar-refractivity contribution in [3.8, 4) is 0 Å². The number of hydrogen-bond acceptors (Lipinski definition) is 4. The number of nitrogens with zero attached hydrogens (tertiary/aromatic N) is 1. The first-order valence-corrected chi connectivity index (χ1v) is 10.0. The molecule has 2 heterocycles. The van der Waals surface area contributed by atoms with E-state index < -0.39 is 0 Å². The number of aryl methyl sites for hydroxylation is 1. The summed E-state index contributed by atoms with van der Waals surface area (Å²) < 4.78 is 7.40. The van der Waals surface area contributed by atoms with Crippen LogP contribution in [0.2, 0.25) is 0 Å². The fraction of sp³-hybridized carbons (Fsp3) is 0.579. The first-order chi connectivity index (χ1) is 12.1. The fourth-order valence-corrected chi connectivity index (χ4v) is 4.08. The van der Waals surface area contributed by atoms with E-state index in [0.717, 1.165) is 29.1 Å². The fourth-order valence-electron chi connectivity index (χ4n) is 2.88. The van der Waals surface area contributed by atoms with Crippen LogP contribution in [0, 0.1) is 6.92 Å². The van der Waals surface area contributed by atoms with Gasteiger partial charge in [0.05, 0.1) is 17.2 Å². The highest BCUT2D eigenvalue weighted by Crippen LogP contribution is 2.38. The van der Waals surface area contributed by atoms with E-state index in [2.05, 4.69) is 12.2 Å². The van der Waals surface area contributed by atoms with Gasteiger partial charge in [0, 0.05) is 30.8 Å². The summed E-state index contributed by atoms with van der Waals surface area (Å²) in [6, 6.07) is 0. The van der Waals surface area contributed by atoms with Gasteiger partial charge < -0.3 is 14.6 Å². The Hall–Kier alpha value is -1.69. The van der Waals surface area contributed by atoms with Crippen LogP contribution in [0.1, 0.15) is 61.4 Å². The Bertz CT molecular complexity index is 649. The van der Waals surface area contributed by atoms with Gasteiger partial charge in [0.1, 0.15) is 0 Å². The molecule has 0 saturated heterocycles. The standard InChI is InChI=1S/C19H28N2O3S/c1-4-5-6-7-8-9-10-24-19(23)17-14(2)12-21-15(11-16(22)20-3)13-25-18(17)21/h11-12H,4-10,13H2,1-3H3,(H,20,22). The zero-order valence-corrected chi connectivity index (χ0v) is 16.2. The van der Waals surface area contributed by atoms with E-state index in [-0.39, 0.29) is 11.9 Å². The van der Waals surface area contributed by atoms with Crippen LogP contribution in [0.25, 0.3) is 5.70 Å². The van der Waals surface area contributed by atoms with Crippen molar-refractivity contribution in [2.75, 3.05) is 19.4 Å². The van der Waals surface area contributed by atoms with E-state index in [1.165, 1.54) is 25.7 Å². The summed E-state index contributed by atoms with van der Waals surface area (Å²) in [5, 5.41) is 3.47. The number of esters is 1. The van der Waals surface area contributed by atoms with Gasteiger partial charge in [0.2, 0.25) is 5.91 Å². The Kier molecular flexibility index (Phi) is 7.62. The maximum atomic E-state index is 12.5. The lowest BCUT2D eigenvalue weighted by Crippen LogP contribution is -2.15. The third-order valence-electron chi connectivity index (χ3n) is 4.30. The van der Waals surface area contributed by atoms with Crippen LogP contribution in [0.15, 0.2) is 17.3 Å². The Balaban J connectivity index is 1.93. The Labute approximate surface area is 154 Å². The van der Waals surface area contributed by atoms with E-state index in [4.69, 9.17) is 4.74 Å². The number of thioether (sulfide) groups is 1. The molecule has 1 aliphatic rings. The monoisotopic (exact) mass is 364 g/mol. The van der Waals surface area contributed by atoms with Gasteiger partial charge >= 0.3 is 5.97 Å². The molecule has 5 nitrogen and oxygen atoms in total. The van der Waals surface area contributed by atoms with Crippen LogP contribution in [0.4, 0.5) is 0 Å². The number of amides is 1. The Morgan fingerprint density at radius 1 is 1.28 bits per heavy atom. The van der Waals surface area contributed by atoms with Gasteiger partial charge in [-0.25, -0.2) is 4.79 Å². The number of carbonyl (C=O) groups is 2. The van der Waals surface area contributed by atoms with Gasteiger partial charge in [-0.2, -0.15) is 0 Å². The number of likely N-dealkylation sites (N-methyl/N-ethyl adjacent to an activating group) is 1. The van der Waals surface area contributed by atoms with E-state index in [1.54, 1.807) is 24.9 Å². The Morgan fingerprint density at radius 2 is 2.00 bits per heavy atom. The average molecular weight is 365 g/mol. The quantitative estimate of drug-likeness (QED) is 0.409. The van der Waals surface area contributed by atoms with Crippen LogP contribution in [0.5, 0.6) is 0 Å². The summed E-state index contributed by atoms with van der Waals surface area (Å²) in [4.78, 5) is 24.0. The molecule has 0 aliphatic carbocycles. The van der Waals surface area contributed by atoms with Crippen molar-refractivity contribution >= 4 is 29.3 Å². The topological polar surface area (TPSA) is 60.3 Å². The molecule has 1 N–H and O–H groups in total. The van der Waals surface area contributed by atoms with Gasteiger partial charge in [-0.05, 0) is 18.9 Å². The zero-order valence-electron chi connectivity index (χ0n) is 15.4. The highest BCUT2D eigenvalue weighted by atomic mass is 32.2. The maximum Gasteiger partial charge on any atom is 0.341 e. The lowest BCUT2D eigenvalue weighted by Gasteiger charge is -2.06. The molecule has 0 fully saturated rings. The van der Waals surface area contributed by atoms with Crippen molar-refractivity contribution in [1.82, 2.24) is 9.88 Å². The van der Waals surface area contributed by atoms with Crippen LogP contribution < -0.4 is 5.32 Å². The molecule has 1 amide bonds. The molecule has 0 aromatic carbocycles. The number of fused-ring (bicyclic) bond motifs is 1. The molecule has 1 aromatic heterocycles. The molecule has 6 heteroatoms. The summed E-state index contributed by atoms with van der Waals surface area (Å²) in [6.45, 7) is 4.58. The summed E-state index contributed by atoms with van der Waals surface area (Å²) in [5.74, 6) is 0.288. The second-order valence-corrected chi connectivity index (χ2v) is 7.27. The van der Waals surface area contributed by atoms with Crippen molar-refractivity contribution in [2.45, 2.75) is 57.4 Å². The summed E-state index contributed by atoms with van der Waals surface area (Å²) in [5.41, 5.74) is 2.41. The predicted molar refractivity (Wildman–Crippen MR) is 102 cm³/mol. The van der Waals surface area contributed by atoms with E-state index in [0.29, 0.717) is 17.9 Å². The van der Waals surface area contributed by atoms with Crippen molar-refractivity contribution in [3.05, 3.63) is 23.4 Å². The maximum absolute atomic E-state index is 12.5. The van der Waals surface area contributed by atoms with Crippen LogP contribution in [-0.2, 0) is 9.53 Å². The van der Waals surface area contributed by atoms with Crippen LogP contribution in [0.3, 0.4) is 0 Å². The molecular weight excluding hydrogens is 336 g/mol. The third kappa shape index (κ3) is 5.14. The zero-order chi connectivity index (χ0) is 18.2. The molecule has 1 aromatic rings. The first-order valence-electron chi connectivity index (χ1n) is 9.03. The van der Waals surface area contributed by atoms with Gasteiger partial charge in [0.25, 0.3) is 0 Å². The van der Waals surface area contributed by atoms with Gasteiger partial charge in [0.15, 0.2) is 0 Å². The molecule has 0 radical (unpaired) electrons. The van der Waals surface area contributed by atoms with Crippen LogP contribution in [-0.4, -0.2) is 35.9 Å². The molecule has 0 bridgehead atoms. The molecule has 0 atom stereocenters. The number of ether oxygens (including phenoxy) is 1. The number of rotatable bonds is 9. The molecule has 2 rings (SSSR count). The Morgan fingerprint density at radius 3 is 2.72 bits per heavy atom. The minimum absolute atomic E-state index is 0.137.